The molecule has 0 aliphatic carbocycles. The summed E-state index contributed by atoms with van der Waals surface area (Å²) in [5, 5.41) is 4.93. The highest BCUT2D eigenvalue weighted by Gasteiger charge is 2.01. The Morgan fingerprint density at radius 2 is 1.54 bits per heavy atom. The molecule has 0 saturated carbocycles. The smallest absolute Gasteiger partial charge is 0.120 e. The SMILES string of the molecule is Cl.Clc1ccc(COc2cccc(CNCc3ccccc3Cl)c2)cc1. The number of rotatable bonds is 7. The van der Waals surface area contributed by atoms with E-state index in [9.17, 15) is 0 Å². The molecule has 0 aromatic heterocycles. The lowest BCUT2D eigenvalue weighted by atomic mass is 10.2. The van der Waals surface area contributed by atoms with E-state index in [2.05, 4.69) is 17.4 Å². The molecule has 0 aliphatic heterocycles. The fourth-order valence-corrected chi connectivity index (χ4v) is 2.80. The van der Waals surface area contributed by atoms with Crippen LogP contribution in [0, 0.1) is 0 Å². The van der Waals surface area contributed by atoms with Crippen molar-refractivity contribution in [2.75, 3.05) is 0 Å². The predicted octanol–water partition coefficient (Wildman–Crippen LogP) is 6.28. The van der Waals surface area contributed by atoms with E-state index in [0.29, 0.717) is 6.61 Å². The van der Waals surface area contributed by atoms with E-state index in [1.807, 2.05) is 60.7 Å². The summed E-state index contributed by atoms with van der Waals surface area (Å²) in [6.07, 6.45) is 0. The number of halogens is 3. The van der Waals surface area contributed by atoms with Crippen LogP contribution in [0.25, 0.3) is 0 Å². The van der Waals surface area contributed by atoms with Crippen LogP contribution >= 0.6 is 35.6 Å². The van der Waals surface area contributed by atoms with Crippen LogP contribution in [0.1, 0.15) is 16.7 Å². The maximum atomic E-state index is 6.17. The first-order chi connectivity index (χ1) is 12.2. The Kier molecular flexibility index (Phi) is 8.27. The first-order valence-electron chi connectivity index (χ1n) is 8.11. The van der Waals surface area contributed by atoms with Crippen molar-refractivity contribution in [1.82, 2.24) is 5.32 Å². The predicted molar refractivity (Wildman–Crippen MR) is 111 cm³/mol. The van der Waals surface area contributed by atoms with Crippen LogP contribution in [0.2, 0.25) is 10.0 Å². The largest absolute Gasteiger partial charge is 0.489 e. The molecular weight excluding hydrogens is 389 g/mol. The monoisotopic (exact) mass is 407 g/mol. The zero-order valence-electron chi connectivity index (χ0n) is 14.1. The van der Waals surface area contributed by atoms with Gasteiger partial charge in [0.1, 0.15) is 12.4 Å². The van der Waals surface area contributed by atoms with Crippen LogP contribution in [0.5, 0.6) is 5.75 Å². The maximum Gasteiger partial charge on any atom is 0.120 e. The van der Waals surface area contributed by atoms with Crippen LogP contribution in [-0.4, -0.2) is 0 Å². The second-order valence-electron chi connectivity index (χ2n) is 5.76. The van der Waals surface area contributed by atoms with E-state index in [-0.39, 0.29) is 12.4 Å². The first-order valence-corrected chi connectivity index (χ1v) is 8.86. The van der Waals surface area contributed by atoms with Crippen LogP contribution in [0.15, 0.2) is 72.8 Å². The molecule has 0 bridgehead atoms. The number of ether oxygens (including phenoxy) is 1. The van der Waals surface area contributed by atoms with E-state index < -0.39 is 0 Å². The third-order valence-electron chi connectivity index (χ3n) is 3.82. The number of hydrogen-bond donors (Lipinski definition) is 1. The summed E-state index contributed by atoms with van der Waals surface area (Å²) in [7, 11) is 0. The van der Waals surface area contributed by atoms with Crippen molar-refractivity contribution in [2.45, 2.75) is 19.7 Å². The van der Waals surface area contributed by atoms with Gasteiger partial charge in [0.15, 0.2) is 0 Å². The van der Waals surface area contributed by atoms with Crippen molar-refractivity contribution in [3.05, 3.63) is 99.5 Å². The molecule has 0 fully saturated rings. The summed E-state index contributed by atoms with van der Waals surface area (Å²) in [5.41, 5.74) is 3.35. The molecule has 5 heteroatoms. The van der Waals surface area contributed by atoms with E-state index in [1.165, 1.54) is 5.56 Å². The van der Waals surface area contributed by atoms with Gasteiger partial charge in [-0.15, -0.1) is 12.4 Å². The summed E-state index contributed by atoms with van der Waals surface area (Å²) in [4.78, 5) is 0. The number of nitrogens with one attached hydrogen (secondary N) is 1. The third-order valence-corrected chi connectivity index (χ3v) is 4.44. The molecule has 26 heavy (non-hydrogen) atoms. The van der Waals surface area contributed by atoms with Crippen LogP contribution in [0.4, 0.5) is 0 Å². The van der Waals surface area contributed by atoms with Gasteiger partial charge in [-0.05, 0) is 47.0 Å². The van der Waals surface area contributed by atoms with Crippen molar-refractivity contribution < 1.29 is 4.74 Å². The molecule has 0 unspecified atom stereocenters. The summed E-state index contributed by atoms with van der Waals surface area (Å²) < 4.78 is 5.86. The molecule has 3 aromatic carbocycles. The van der Waals surface area contributed by atoms with Crippen LogP contribution in [-0.2, 0) is 19.7 Å². The topological polar surface area (TPSA) is 21.3 Å². The lowest BCUT2D eigenvalue weighted by molar-refractivity contribution is 0.306. The summed E-state index contributed by atoms with van der Waals surface area (Å²) >= 11 is 12.1. The number of hydrogen-bond acceptors (Lipinski definition) is 2. The Labute approximate surface area is 170 Å². The summed E-state index contributed by atoms with van der Waals surface area (Å²) in [6, 6.07) is 23.6. The Hall–Kier alpha value is -1.71. The molecule has 3 aromatic rings. The van der Waals surface area contributed by atoms with Gasteiger partial charge in [0.05, 0.1) is 0 Å². The highest BCUT2D eigenvalue weighted by atomic mass is 35.5. The molecule has 0 heterocycles. The lowest BCUT2D eigenvalue weighted by Gasteiger charge is -2.10. The minimum absolute atomic E-state index is 0. The zero-order chi connectivity index (χ0) is 17.5. The Morgan fingerprint density at radius 3 is 2.31 bits per heavy atom. The Bertz CT molecular complexity index is 821. The van der Waals surface area contributed by atoms with Gasteiger partial charge in [-0.25, -0.2) is 0 Å². The van der Waals surface area contributed by atoms with E-state index in [4.69, 9.17) is 27.9 Å². The van der Waals surface area contributed by atoms with Gasteiger partial charge >= 0.3 is 0 Å². The summed E-state index contributed by atoms with van der Waals surface area (Å²) in [5.74, 6) is 0.854. The molecular formula is C21H20Cl3NO. The molecule has 0 radical (unpaired) electrons. The van der Waals surface area contributed by atoms with E-state index in [0.717, 1.165) is 40.0 Å². The molecule has 1 N–H and O–H groups in total. The van der Waals surface area contributed by atoms with Crippen molar-refractivity contribution in [3.63, 3.8) is 0 Å². The van der Waals surface area contributed by atoms with Gasteiger partial charge in [-0.1, -0.05) is 65.7 Å². The maximum absolute atomic E-state index is 6.17. The van der Waals surface area contributed by atoms with Crippen molar-refractivity contribution in [1.29, 1.82) is 0 Å². The quantitative estimate of drug-likeness (QED) is 0.496. The molecule has 0 amide bonds. The van der Waals surface area contributed by atoms with Crippen molar-refractivity contribution in [3.8, 4) is 5.75 Å². The molecule has 0 saturated heterocycles. The minimum Gasteiger partial charge on any atom is -0.489 e. The molecule has 136 valence electrons. The van der Waals surface area contributed by atoms with Crippen molar-refractivity contribution >= 4 is 35.6 Å². The van der Waals surface area contributed by atoms with Gasteiger partial charge in [0.25, 0.3) is 0 Å². The molecule has 0 spiro atoms. The fraction of sp³-hybridized carbons (Fsp3) is 0.143. The van der Waals surface area contributed by atoms with E-state index in [1.54, 1.807) is 0 Å². The standard InChI is InChI=1S/C21H19Cl2NO.ClH/c22-19-10-8-16(9-11-19)15-25-20-6-3-4-17(12-20)13-24-14-18-5-1-2-7-21(18)23;/h1-12,24H,13-15H2;1H. The average Bonchev–Trinajstić information content (AvgIpc) is 2.63. The molecule has 2 nitrogen and oxygen atoms in total. The molecule has 3 rings (SSSR count). The number of benzene rings is 3. The second kappa shape index (κ2) is 10.4. The highest BCUT2D eigenvalue weighted by Crippen LogP contribution is 2.17. The third kappa shape index (κ3) is 6.22. The van der Waals surface area contributed by atoms with Gasteiger partial charge in [-0.2, -0.15) is 0 Å². The van der Waals surface area contributed by atoms with Crippen LogP contribution in [0.3, 0.4) is 0 Å². The van der Waals surface area contributed by atoms with Gasteiger partial charge in [0.2, 0.25) is 0 Å². The van der Waals surface area contributed by atoms with Crippen LogP contribution < -0.4 is 10.1 Å². The zero-order valence-corrected chi connectivity index (χ0v) is 16.5. The summed E-state index contributed by atoms with van der Waals surface area (Å²) in [6.45, 7) is 2.01. The molecule has 0 atom stereocenters. The lowest BCUT2D eigenvalue weighted by Crippen LogP contribution is -2.13. The highest BCUT2D eigenvalue weighted by molar-refractivity contribution is 6.31. The normalized spacial score (nSPS) is 10.2. The van der Waals surface area contributed by atoms with Crippen molar-refractivity contribution in [2.24, 2.45) is 0 Å². The average molecular weight is 409 g/mol. The second-order valence-corrected chi connectivity index (χ2v) is 6.60. The minimum atomic E-state index is 0. The van der Waals surface area contributed by atoms with Gasteiger partial charge in [-0.3, -0.25) is 0 Å². The van der Waals surface area contributed by atoms with E-state index >= 15 is 0 Å². The van der Waals surface area contributed by atoms with Gasteiger partial charge in [0, 0.05) is 23.1 Å². The molecule has 0 aliphatic rings. The Morgan fingerprint density at radius 1 is 0.769 bits per heavy atom. The van der Waals surface area contributed by atoms with Gasteiger partial charge < -0.3 is 10.1 Å². The first kappa shape index (κ1) is 20.6. The fourth-order valence-electron chi connectivity index (χ4n) is 2.48. The Balaban J connectivity index is 0.00000243.